The molecule has 0 aliphatic carbocycles. The van der Waals surface area contributed by atoms with Crippen molar-refractivity contribution in [2.24, 2.45) is 5.92 Å². The summed E-state index contributed by atoms with van der Waals surface area (Å²) in [5.41, 5.74) is 0.952. The Hall–Kier alpha value is -2.33. The fourth-order valence-corrected chi connectivity index (χ4v) is 3.37. The molecule has 1 heterocycles. The second kappa shape index (κ2) is 8.17. The maximum Gasteiger partial charge on any atom is 0.263 e. The van der Waals surface area contributed by atoms with Crippen molar-refractivity contribution in [3.05, 3.63) is 66.2 Å². The molecule has 2 aromatic carbocycles. The van der Waals surface area contributed by atoms with Gasteiger partial charge in [0.2, 0.25) is 0 Å². The van der Waals surface area contributed by atoms with Crippen LogP contribution in [0.3, 0.4) is 0 Å². The third kappa shape index (κ3) is 4.40. The number of likely N-dealkylation sites (tertiary alicyclic amines) is 1. The Morgan fingerprint density at radius 3 is 2.20 bits per heavy atom. The van der Waals surface area contributed by atoms with Crippen molar-refractivity contribution in [3.8, 4) is 5.75 Å². The topological polar surface area (TPSA) is 49.8 Å². The number of benzene rings is 2. The summed E-state index contributed by atoms with van der Waals surface area (Å²) in [6.07, 6.45) is 0.647. The lowest BCUT2D eigenvalue weighted by Crippen LogP contribution is -2.45. The molecule has 1 fully saturated rings. The smallest absolute Gasteiger partial charge is 0.263 e. The van der Waals surface area contributed by atoms with Crippen molar-refractivity contribution in [2.75, 3.05) is 13.1 Å². The first-order chi connectivity index (χ1) is 12.1. The summed E-state index contributed by atoms with van der Waals surface area (Å²) < 4.78 is 5.73. The molecule has 0 aromatic heterocycles. The van der Waals surface area contributed by atoms with E-state index in [2.05, 4.69) is 0 Å². The second-order valence-electron chi connectivity index (χ2n) is 6.59. The van der Waals surface area contributed by atoms with Crippen molar-refractivity contribution < 1.29 is 14.6 Å². The number of carbonyl (C=O) groups excluding carboxylic acids is 1. The van der Waals surface area contributed by atoms with Crippen LogP contribution in [0.2, 0.25) is 0 Å². The minimum atomic E-state index is -0.502. The Kier molecular flexibility index (Phi) is 5.71. The van der Waals surface area contributed by atoms with E-state index in [1.54, 1.807) is 6.92 Å². The number of ether oxygens (including phenoxy) is 1. The van der Waals surface area contributed by atoms with Crippen molar-refractivity contribution in [3.63, 3.8) is 0 Å². The van der Waals surface area contributed by atoms with Gasteiger partial charge in [-0.1, -0.05) is 48.5 Å². The predicted octanol–water partition coefficient (Wildman–Crippen LogP) is 3.43. The summed E-state index contributed by atoms with van der Waals surface area (Å²) >= 11 is 0. The summed E-state index contributed by atoms with van der Waals surface area (Å²) in [7, 11) is 0. The molecule has 1 aliphatic rings. The maximum atomic E-state index is 12.6. The van der Waals surface area contributed by atoms with Crippen molar-refractivity contribution in [2.45, 2.75) is 32.0 Å². The van der Waals surface area contributed by atoms with Gasteiger partial charge in [0, 0.05) is 13.1 Å². The Morgan fingerprint density at radius 2 is 1.60 bits per heavy atom. The van der Waals surface area contributed by atoms with Gasteiger partial charge in [-0.25, -0.2) is 0 Å². The van der Waals surface area contributed by atoms with Crippen molar-refractivity contribution in [1.82, 2.24) is 4.90 Å². The normalized spacial score (nSPS) is 17.8. The molecule has 0 bridgehead atoms. The lowest BCUT2D eigenvalue weighted by Gasteiger charge is -2.35. The van der Waals surface area contributed by atoms with Gasteiger partial charge in [-0.05, 0) is 43.4 Å². The Bertz CT molecular complexity index is 666. The predicted molar refractivity (Wildman–Crippen MR) is 97.2 cm³/mol. The summed E-state index contributed by atoms with van der Waals surface area (Å²) in [4.78, 5) is 14.4. The van der Waals surface area contributed by atoms with Crippen LogP contribution < -0.4 is 4.74 Å². The molecule has 2 aromatic rings. The van der Waals surface area contributed by atoms with E-state index in [0.717, 1.165) is 18.4 Å². The monoisotopic (exact) mass is 339 g/mol. The SMILES string of the molecule is CC(Oc1ccccc1)C(=O)N1CCC(C(O)c2ccccc2)CC1. The molecule has 3 rings (SSSR count). The number of para-hydroxylation sites is 1. The number of rotatable bonds is 5. The summed E-state index contributed by atoms with van der Waals surface area (Å²) in [5, 5.41) is 10.5. The van der Waals surface area contributed by atoms with E-state index in [4.69, 9.17) is 4.74 Å². The number of nitrogens with zero attached hydrogens (tertiary/aromatic N) is 1. The number of aliphatic hydroxyl groups excluding tert-OH is 1. The first kappa shape index (κ1) is 17.5. The van der Waals surface area contributed by atoms with E-state index in [1.807, 2.05) is 65.6 Å². The van der Waals surface area contributed by atoms with Crippen LogP contribution in [-0.4, -0.2) is 35.1 Å². The minimum absolute atomic E-state index is 0.0107. The van der Waals surface area contributed by atoms with Crippen LogP contribution >= 0.6 is 0 Å². The Labute approximate surface area is 149 Å². The average molecular weight is 339 g/mol. The molecule has 2 atom stereocenters. The summed E-state index contributed by atoms with van der Waals surface area (Å²) in [6, 6.07) is 19.2. The highest BCUT2D eigenvalue weighted by atomic mass is 16.5. The van der Waals surface area contributed by atoms with E-state index in [9.17, 15) is 9.90 Å². The molecule has 0 saturated carbocycles. The standard InChI is InChI=1S/C21H25NO3/c1-16(25-19-10-6-3-7-11-19)21(24)22-14-12-18(13-15-22)20(23)17-8-4-2-5-9-17/h2-11,16,18,20,23H,12-15H2,1H3. The zero-order chi connectivity index (χ0) is 17.6. The second-order valence-corrected chi connectivity index (χ2v) is 6.59. The molecule has 1 amide bonds. The molecular formula is C21H25NO3. The van der Waals surface area contributed by atoms with Crippen molar-refractivity contribution >= 4 is 5.91 Å². The molecular weight excluding hydrogens is 314 g/mol. The van der Waals surface area contributed by atoms with Gasteiger partial charge in [0.25, 0.3) is 5.91 Å². The van der Waals surface area contributed by atoms with E-state index in [-0.39, 0.29) is 11.8 Å². The molecule has 2 unspecified atom stereocenters. The third-order valence-corrected chi connectivity index (χ3v) is 4.84. The Balaban J connectivity index is 1.52. The van der Waals surface area contributed by atoms with Crippen LogP contribution in [0.25, 0.3) is 0 Å². The lowest BCUT2D eigenvalue weighted by atomic mass is 9.87. The van der Waals surface area contributed by atoms with Crippen LogP contribution in [0.15, 0.2) is 60.7 Å². The number of carbonyl (C=O) groups is 1. The summed E-state index contributed by atoms with van der Waals surface area (Å²) in [5.74, 6) is 0.908. The van der Waals surface area contributed by atoms with Gasteiger partial charge in [-0.2, -0.15) is 0 Å². The molecule has 1 aliphatic heterocycles. The van der Waals surface area contributed by atoms with Gasteiger partial charge < -0.3 is 14.7 Å². The highest BCUT2D eigenvalue weighted by Crippen LogP contribution is 2.30. The largest absolute Gasteiger partial charge is 0.481 e. The van der Waals surface area contributed by atoms with Crippen LogP contribution in [0.1, 0.15) is 31.4 Å². The maximum absolute atomic E-state index is 12.6. The van der Waals surface area contributed by atoms with Crippen LogP contribution in [0.5, 0.6) is 5.75 Å². The van der Waals surface area contributed by atoms with Gasteiger partial charge >= 0.3 is 0 Å². The fourth-order valence-electron chi connectivity index (χ4n) is 3.37. The highest BCUT2D eigenvalue weighted by Gasteiger charge is 2.30. The molecule has 1 saturated heterocycles. The number of aliphatic hydroxyl groups is 1. The number of hydrogen-bond donors (Lipinski definition) is 1. The molecule has 4 heteroatoms. The third-order valence-electron chi connectivity index (χ3n) is 4.84. The average Bonchev–Trinajstić information content (AvgIpc) is 2.68. The first-order valence-electron chi connectivity index (χ1n) is 8.88. The quantitative estimate of drug-likeness (QED) is 0.908. The van der Waals surface area contributed by atoms with Crippen LogP contribution in [-0.2, 0) is 4.79 Å². The molecule has 132 valence electrons. The zero-order valence-corrected chi connectivity index (χ0v) is 14.5. The molecule has 0 spiro atoms. The number of hydrogen-bond acceptors (Lipinski definition) is 3. The van der Waals surface area contributed by atoms with Crippen LogP contribution in [0.4, 0.5) is 0 Å². The van der Waals surface area contributed by atoms with E-state index < -0.39 is 12.2 Å². The Morgan fingerprint density at radius 1 is 1.04 bits per heavy atom. The number of piperidine rings is 1. The van der Waals surface area contributed by atoms with E-state index >= 15 is 0 Å². The lowest BCUT2D eigenvalue weighted by molar-refractivity contribution is -0.140. The van der Waals surface area contributed by atoms with Gasteiger partial charge in [0.15, 0.2) is 6.10 Å². The van der Waals surface area contributed by atoms with Gasteiger partial charge in [-0.15, -0.1) is 0 Å². The van der Waals surface area contributed by atoms with Gasteiger partial charge in [-0.3, -0.25) is 4.79 Å². The molecule has 4 nitrogen and oxygen atoms in total. The van der Waals surface area contributed by atoms with Gasteiger partial charge in [0.05, 0.1) is 6.10 Å². The molecule has 1 N–H and O–H groups in total. The zero-order valence-electron chi connectivity index (χ0n) is 14.5. The molecule has 25 heavy (non-hydrogen) atoms. The van der Waals surface area contributed by atoms with Crippen LogP contribution in [0, 0.1) is 5.92 Å². The highest BCUT2D eigenvalue weighted by molar-refractivity contribution is 5.81. The van der Waals surface area contributed by atoms with Crippen molar-refractivity contribution in [1.29, 1.82) is 0 Å². The van der Waals surface area contributed by atoms with E-state index in [1.165, 1.54) is 0 Å². The number of amides is 1. The fraction of sp³-hybridized carbons (Fsp3) is 0.381. The minimum Gasteiger partial charge on any atom is -0.481 e. The van der Waals surface area contributed by atoms with E-state index in [0.29, 0.717) is 18.8 Å². The summed E-state index contributed by atoms with van der Waals surface area (Å²) in [6.45, 7) is 3.12. The van der Waals surface area contributed by atoms with Gasteiger partial charge in [0.1, 0.15) is 5.75 Å². The molecule has 0 radical (unpaired) electrons. The first-order valence-corrected chi connectivity index (χ1v) is 8.88.